The Morgan fingerprint density at radius 3 is 2.79 bits per heavy atom. The van der Waals surface area contributed by atoms with E-state index < -0.39 is 0 Å². The van der Waals surface area contributed by atoms with E-state index >= 15 is 0 Å². The molecule has 0 spiro atoms. The van der Waals surface area contributed by atoms with Crippen LogP contribution in [0.3, 0.4) is 0 Å². The van der Waals surface area contributed by atoms with Gasteiger partial charge in [-0.25, -0.2) is 0 Å². The molecule has 0 aromatic carbocycles. The average molecular weight is 346 g/mol. The van der Waals surface area contributed by atoms with Gasteiger partial charge in [-0.05, 0) is 40.1 Å². The van der Waals surface area contributed by atoms with Crippen LogP contribution in [0.25, 0.3) is 6.08 Å². The Labute approximate surface area is 127 Å². The van der Waals surface area contributed by atoms with Gasteiger partial charge in [0.1, 0.15) is 0 Å². The summed E-state index contributed by atoms with van der Waals surface area (Å²) in [6.07, 6.45) is 3.49. The zero-order valence-corrected chi connectivity index (χ0v) is 14.0. The van der Waals surface area contributed by atoms with Crippen molar-refractivity contribution in [3.63, 3.8) is 0 Å². The van der Waals surface area contributed by atoms with Gasteiger partial charge < -0.3 is 9.64 Å². The topological polar surface area (TPSA) is 29.5 Å². The minimum absolute atomic E-state index is 0.0373. The highest BCUT2D eigenvalue weighted by Gasteiger charge is 2.11. The Morgan fingerprint density at radius 2 is 2.26 bits per heavy atom. The van der Waals surface area contributed by atoms with E-state index in [-0.39, 0.29) is 5.91 Å². The van der Waals surface area contributed by atoms with Crippen LogP contribution < -0.4 is 0 Å². The van der Waals surface area contributed by atoms with Crippen LogP contribution in [0.15, 0.2) is 22.0 Å². The molecule has 0 aliphatic heterocycles. The number of carbonyl (C=O) groups is 1. The van der Waals surface area contributed by atoms with Crippen molar-refractivity contribution in [3.8, 4) is 0 Å². The number of methoxy groups -OCH3 is 1. The molecule has 19 heavy (non-hydrogen) atoms. The van der Waals surface area contributed by atoms with Crippen LogP contribution in [0.5, 0.6) is 0 Å². The lowest BCUT2D eigenvalue weighted by atomic mass is 10.2. The number of ether oxygens (including phenoxy) is 1. The number of hydrogen-bond donors (Lipinski definition) is 0. The monoisotopic (exact) mass is 345 g/mol. The highest BCUT2D eigenvalue weighted by molar-refractivity contribution is 9.11. The quantitative estimate of drug-likeness (QED) is 0.706. The normalized spacial score (nSPS) is 11.4. The number of halogens is 1. The third kappa shape index (κ3) is 6.36. The number of rotatable bonds is 7. The molecule has 0 fully saturated rings. The van der Waals surface area contributed by atoms with Gasteiger partial charge in [-0.3, -0.25) is 4.79 Å². The van der Waals surface area contributed by atoms with E-state index in [0.29, 0.717) is 19.1 Å². The number of nitrogens with zero attached hydrogens (tertiary/aromatic N) is 1. The second kappa shape index (κ2) is 8.51. The summed E-state index contributed by atoms with van der Waals surface area (Å²) in [5.41, 5.74) is 0. The van der Waals surface area contributed by atoms with E-state index in [9.17, 15) is 4.79 Å². The molecule has 0 aliphatic rings. The van der Waals surface area contributed by atoms with Gasteiger partial charge in [0.25, 0.3) is 0 Å². The largest absolute Gasteiger partial charge is 0.383 e. The van der Waals surface area contributed by atoms with Crippen LogP contribution in [-0.4, -0.2) is 37.6 Å². The lowest BCUT2D eigenvalue weighted by molar-refractivity contribution is -0.127. The summed E-state index contributed by atoms with van der Waals surface area (Å²) in [7, 11) is 1.65. The molecule has 1 heterocycles. The molecule has 0 atom stereocenters. The first-order valence-corrected chi connectivity index (χ1v) is 7.85. The van der Waals surface area contributed by atoms with E-state index in [4.69, 9.17) is 4.74 Å². The van der Waals surface area contributed by atoms with Crippen molar-refractivity contribution in [1.82, 2.24) is 4.90 Å². The van der Waals surface area contributed by atoms with Crippen molar-refractivity contribution in [2.24, 2.45) is 5.92 Å². The zero-order valence-electron chi connectivity index (χ0n) is 11.6. The van der Waals surface area contributed by atoms with Crippen LogP contribution >= 0.6 is 27.3 Å². The standard InChI is InChI=1S/C14H20BrNO2S/c1-11(2)10-16(8-9-18-3)14(17)7-5-12-4-6-13(15)19-12/h4-7,11H,8-10H2,1-3H3/b7-5+. The Balaban J connectivity index is 2.62. The Kier molecular flexibility index (Phi) is 7.34. The molecule has 106 valence electrons. The SMILES string of the molecule is COCCN(CC(C)C)C(=O)/C=C/c1ccc(Br)s1. The summed E-state index contributed by atoms with van der Waals surface area (Å²) in [5, 5.41) is 0. The summed E-state index contributed by atoms with van der Waals surface area (Å²) in [6, 6.07) is 3.96. The predicted molar refractivity (Wildman–Crippen MR) is 84.3 cm³/mol. The van der Waals surface area contributed by atoms with E-state index in [2.05, 4.69) is 29.8 Å². The fourth-order valence-electron chi connectivity index (χ4n) is 1.61. The maximum atomic E-state index is 12.1. The van der Waals surface area contributed by atoms with Crippen LogP contribution in [0.4, 0.5) is 0 Å². The summed E-state index contributed by atoms with van der Waals surface area (Å²) in [5.74, 6) is 0.486. The Morgan fingerprint density at radius 1 is 1.53 bits per heavy atom. The van der Waals surface area contributed by atoms with Crippen LogP contribution in [0.1, 0.15) is 18.7 Å². The van der Waals surface area contributed by atoms with Gasteiger partial charge in [0.15, 0.2) is 0 Å². The van der Waals surface area contributed by atoms with Gasteiger partial charge >= 0.3 is 0 Å². The molecule has 3 nitrogen and oxygen atoms in total. The predicted octanol–water partition coefficient (Wildman–Crippen LogP) is 3.65. The molecular weight excluding hydrogens is 326 g/mol. The van der Waals surface area contributed by atoms with Crippen LogP contribution in [0.2, 0.25) is 0 Å². The van der Waals surface area contributed by atoms with Crippen molar-refractivity contribution >= 4 is 39.2 Å². The zero-order chi connectivity index (χ0) is 14.3. The second-order valence-electron chi connectivity index (χ2n) is 4.65. The Hall–Kier alpha value is -0.650. The molecular formula is C14H20BrNO2S. The average Bonchev–Trinajstić information content (AvgIpc) is 2.77. The highest BCUT2D eigenvalue weighted by atomic mass is 79.9. The molecule has 5 heteroatoms. The lowest BCUT2D eigenvalue weighted by Gasteiger charge is -2.22. The fraction of sp³-hybridized carbons (Fsp3) is 0.500. The molecule has 0 bridgehead atoms. The summed E-state index contributed by atoms with van der Waals surface area (Å²) in [4.78, 5) is 15.0. The first-order chi connectivity index (χ1) is 9.02. The van der Waals surface area contributed by atoms with Gasteiger partial charge in [0.2, 0.25) is 5.91 Å². The van der Waals surface area contributed by atoms with E-state index in [0.717, 1.165) is 15.2 Å². The smallest absolute Gasteiger partial charge is 0.246 e. The van der Waals surface area contributed by atoms with Crippen molar-refractivity contribution in [2.75, 3.05) is 26.8 Å². The minimum atomic E-state index is 0.0373. The molecule has 1 rings (SSSR count). The number of hydrogen-bond acceptors (Lipinski definition) is 3. The van der Waals surface area contributed by atoms with E-state index in [1.807, 2.05) is 23.1 Å². The van der Waals surface area contributed by atoms with Crippen molar-refractivity contribution < 1.29 is 9.53 Å². The number of carbonyl (C=O) groups excluding carboxylic acids is 1. The third-order valence-corrected chi connectivity index (χ3v) is 4.04. The number of thiophene rings is 1. The van der Waals surface area contributed by atoms with Crippen molar-refractivity contribution in [1.29, 1.82) is 0 Å². The molecule has 0 saturated heterocycles. The second-order valence-corrected chi connectivity index (χ2v) is 7.14. The summed E-state index contributed by atoms with van der Waals surface area (Å²) < 4.78 is 6.12. The van der Waals surface area contributed by atoms with Gasteiger partial charge in [0, 0.05) is 31.2 Å². The maximum absolute atomic E-state index is 12.1. The molecule has 0 aliphatic carbocycles. The lowest BCUT2D eigenvalue weighted by Crippen LogP contribution is -2.35. The molecule has 0 unspecified atom stereocenters. The van der Waals surface area contributed by atoms with Crippen LogP contribution in [-0.2, 0) is 9.53 Å². The molecule has 0 radical (unpaired) electrons. The fourth-order valence-corrected chi connectivity index (χ4v) is 2.94. The van der Waals surface area contributed by atoms with E-state index in [1.165, 1.54) is 0 Å². The molecule has 1 aromatic rings. The minimum Gasteiger partial charge on any atom is -0.383 e. The summed E-state index contributed by atoms with van der Waals surface area (Å²) >= 11 is 5.02. The third-order valence-electron chi connectivity index (χ3n) is 2.45. The first-order valence-electron chi connectivity index (χ1n) is 6.24. The van der Waals surface area contributed by atoms with Gasteiger partial charge in [-0.1, -0.05) is 13.8 Å². The maximum Gasteiger partial charge on any atom is 0.246 e. The van der Waals surface area contributed by atoms with E-state index in [1.54, 1.807) is 24.5 Å². The van der Waals surface area contributed by atoms with Crippen molar-refractivity contribution in [2.45, 2.75) is 13.8 Å². The Bertz CT molecular complexity index is 429. The number of amides is 1. The molecule has 1 amide bonds. The highest BCUT2D eigenvalue weighted by Crippen LogP contribution is 2.23. The van der Waals surface area contributed by atoms with Crippen LogP contribution in [0, 0.1) is 5.92 Å². The van der Waals surface area contributed by atoms with Gasteiger partial charge in [0.05, 0.1) is 10.4 Å². The van der Waals surface area contributed by atoms with Gasteiger partial charge in [-0.2, -0.15) is 0 Å². The molecule has 0 saturated carbocycles. The van der Waals surface area contributed by atoms with Crippen molar-refractivity contribution in [3.05, 3.63) is 26.9 Å². The van der Waals surface area contributed by atoms with Gasteiger partial charge in [-0.15, -0.1) is 11.3 Å². The first kappa shape index (κ1) is 16.4. The molecule has 0 N–H and O–H groups in total. The summed E-state index contributed by atoms with van der Waals surface area (Å²) in [6.45, 7) is 6.16. The molecule has 1 aromatic heterocycles.